The van der Waals surface area contributed by atoms with Crippen molar-refractivity contribution in [3.05, 3.63) is 66.1 Å². The molecule has 23 heavy (non-hydrogen) atoms. The highest BCUT2D eigenvalue weighted by Gasteiger charge is 2.30. The lowest BCUT2D eigenvalue weighted by atomic mass is 10.2. The number of rotatable bonds is 5. The number of nitrogens with zero attached hydrogens (tertiary/aromatic N) is 1. The number of hydrogen-bond acceptors (Lipinski definition) is 3. The van der Waals surface area contributed by atoms with Gasteiger partial charge in [0, 0.05) is 25.6 Å². The van der Waals surface area contributed by atoms with Crippen LogP contribution in [0.4, 0.5) is 0 Å². The third kappa shape index (κ3) is 4.10. The van der Waals surface area contributed by atoms with E-state index >= 15 is 0 Å². The number of furan rings is 1. The van der Waals surface area contributed by atoms with Gasteiger partial charge in [-0.05, 0) is 23.8 Å². The third-order valence-electron chi connectivity index (χ3n) is 3.72. The third-order valence-corrected chi connectivity index (χ3v) is 3.72. The standard InChI is InChI=1S/C18H18N2O3/c21-17(9-8-16-7-4-10-23-16)19-15-11-18(22)20(13-15)12-14-5-2-1-3-6-14/h1-10,15H,11-13H2,(H,19,21). The monoisotopic (exact) mass is 310 g/mol. The van der Waals surface area contributed by atoms with Crippen LogP contribution in [0.25, 0.3) is 6.08 Å². The highest BCUT2D eigenvalue weighted by molar-refractivity contribution is 5.92. The molecule has 5 nitrogen and oxygen atoms in total. The van der Waals surface area contributed by atoms with Gasteiger partial charge in [0.15, 0.2) is 0 Å². The van der Waals surface area contributed by atoms with Crippen molar-refractivity contribution in [3.63, 3.8) is 0 Å². The smallest absolute Gasteiger partial charge is 0.244 e. The van der Waals surface area contributed by atoms with Crippen LogP contribution in [0.5, 0.6) is 0 Å². The number of carbonyl (C=O) groups excluding carboxylic acids is 2. The quantitative estimate of drug-likeness (QED) is 0.861. The number of nitrogens with one attached hydrogen (secondary N) is 1. The molecule has 1 aromatic carbocycles. The Morgan fingerprint density at radius 1 is 1.26 bits per heavy atom. The molecule has 1 fully saturated rings. The summed E-state index contributed by atoms with van der Waals surface area (Å²) in [7, 11) is 0. The Hall–Kier alpha value is -2.82. The van der Waals surface area contributed by atoms with Crippen molar-refractivity contribution in [1.82, 2.24) is 10.2 Å². The fourth-order valence-corrected chi connectivity index (χ4v) is 2.62. The van der Waals surface area contributed by atoms with E-state index in [2.05, 4.69) is 5.32 Å². The molecule has 1 aliphatic rings. The fourth-order valence-electron chi connectivity index (χ4n) is 2.62. The number of amides is 2. The summed E-state index contributed by atoms with van der Waals surface area (Å²) in [5.41, 5.74) is 1.09. The van der Waals surface area contributed by atoms with Crippen molar-refractivity contribution in [2.45, 2.75) is 19.0 Å². The summed E-state index contributed by atoms with van der Waals surface area (Å²) >= 11 is 0. The van der Waals surface area contributed by atoms with E-state index in [1.165, 1.54) is 6.08 Å². The Morgan fingerprint density at radius 2 is 2.09 bits per heavy atom. The Kier molecular flexibility index (Phi) is 4.57. The van der Waals surface area contributed by atoms with Gasteiger partial charge < -0.3 is 14.6 Å². The molecule has 2 aromatic rings. The largest absolute Gasteiger partial charge is 0.465 e. The number of hydrogen-bond donors (Lipinski definition) is 1. The Labute approximate surface area is 134 Å². The maximum absolute atomic E-state index is 12.1. The van der Waals surface area contributed by atoms with Crippen LogP contribution >= 0.6 is 0 Å². The first kappa shape index (κ1) is 15.1. The molecule has 0 aliphatic carbocycles. The first-order valence-corrected chi connectivity index (χ1v) is 7.54. The van der Waals surface area contributed by atoms with E-state index in [9.17, 15) is 9.59 Å². The first-order chi connectivity index (χ1) is 11.2. The molecule has 1 atom stereocenters. The lowest BCUT2D eigenvalue weighted by Crippen LogP contribution is -2.36. The molecule has 1 aromatic heterocycles. The van der Waals surface area contributed by atoms with Crippen LogP contribution in [0.15, 0.2) is 59.2 Å². The highest BCUT2D eigenvalue weighted by atomic mass is 16.3. The van der Waals surface area contributed by atoms with E-state index in [4.69, 9.17) is 4.42 Å². The zero-order valence-corrected chi connectivity index (χ0v) is 12.6. The molecule has 0 saturated carbocycles. The molecule has 1 aliphatic heterocycles. The summed E-state index contributed by atoms with van der Waals surface area (Å²) in [6, 6.07) is 13.2. The summed E-state index contributed by atoms with van der Waals surface area (Å²) in [5.74, 6) is 0.461. The molecule has 2 amide bonds. The van der Waals surface area contributed by atoms with Gasteiger partial charge in [-0.15, -0.1) is 0 Å². The van der Waals surface area contributed by atoms with E-state index in [0.29, 0.717) is 25.3 Å². The maximum Gasteiger partial charge on any atom is 0.244 e. The second kappa shape index (κ2) is 6.96. The van der Waals surface area contributed by atoms with Gasteiger partial charge in [-0.3, -0.25) is 9.59 Å². The average Bonchev–Trinajstić information content (AvgIpc) is 3.17. The molecule has 0 bridgehead atoms. The molecular formula is C18H18N2O3. The van der Waals surface area contributed by atoms with Crippen LogP contribution in [0.1, 0.15) is 17.7 Å². The zero-order valence-electron chi connectivity index (χ0n) is 12.6. The van der Waals surface area contributed by atoms with Gasteiger partial charge in [-0.1, -0.05) is 30.3 Å². The van der Waals surface area contributed by atoms with Gasteiger partial charge in [-0.25, -0.2) is 0 Å². The molecule has 2 heterocycles. The number of carbonyl (C=O) groups is 2. The van der Waals surface area contributed by atoms with Crippen molar-refractivity contribution in [3.8, 4) is 0 Å². The van der Waals surface area contributed by atoms with Crippen LogP contribution in [0.2, 0.25) is 0 Å². The molecule has 1 N–H and O–H groups in total. The summed E-state index contributed by atoms with van der Waals surface area (Å²) < 4.78 is 5.13. The van der Waals surface area contributed by atoms with Crippen LogP contribution in [-0.4, -0.2) is 29.3 Å². The molecule has 1 unspecified atom stereocenters. The number of likely N-dealkylation sites (tertiary alicyclic amines) is 1. The van der Waals surface area contributed by atoms with Gasteiger partial charge in [0.05, 0.1) is 12.3 Å². The lowest BCUT2D eigenvalue weighted by molar-refractivity contribution is -0.128. The van der Waals surface area contributed by atoms with E-state index in [0.717, 1.165) is 5.56 Å². The van der Waals surface area contributed by atoms with E-state index in [1.54, 1.807) is 29.4 Å². The predicted octanol–water partition coefficient (Wildman–Crippen LogP) is 2.21. The van der Waals surface area contributed by atoms with Crippen LogP contribution in [0, 0.1) is 0 Å². The molecular weight excluding hydrogens is 292 g/mol. The Morgan fingerprint density at radius 3 is 2.83 bits per heavy atom. The zero-order chi connectivity index (χ0) is 16.1. The SMILES string of the molecule is O=C(C=Cc1ccco1)NC1CC(=O)N(Cc2ccccc2)C1. The summed E-state index contributed by atoms with van der Waals surface area (Å²) in [6.07, 6.45) is 4.92. The van der Waals surface area contributed by atoms with Gasteiger partial charge in [0.25, 0.3) is 0 Å². The average molecular weight is 310 g/mol. The predicted molar refractivity (Wildman–Crippen MR) is 86.1 cm³/mol. The van der Waals surface area contributed by atoms with E-state index < -0.39 is 0 Å². The Bertz CT molecular complexity index is 692. The summed E-state index contributed by atoms with van der Waals surface area (Å²) in [6.45, 7) is 1.11. The maximum atomic E-state index is 12.1. The molecule has 0 spiro atoms. The summed E-state index contributed by atoms with van der Waals surface area (Å²) in [4.78, 5) is 25.7. The minimum Gasteiger partial charge on any atom is -0.465 e. The first-order valence-electron chi connectivity index (χ1n) is 7.54. The Balaban J connectivity index is 1.52. The summed E-state index contributed by atoms with van der Waals surface area (Å²) in [5, 5.41) is 2.86. The van der Waals surface area contributed by atoms with Crippen molar-refractivity contribution in [2.75, 3.05) is 6.54 Å². The van der Waals surface area contributed by atoms with Crippen LogP contribution < -0.4 is 5.32 Å². The van der Waals surface area contributed by atoms with Gasteiger partial charge in [0.2, 0.25) is 11.8 Å². The molecule has 1 saturated heterocycles. The van der Waals surface area contributed by atoms with Crippen LogP contribution in [0.3, 0.4) is 0 Å². The molecule has 0 radical (unpaired) electrons. The van der Waals surface area contributed by atoms with Crippen molar-refractivity contribution >= 4 is 17.9 Å². The fraction of sp³-hybridized carbons (Fsp3) is 0.222. The van der Waals surface area contributed by atoms with E-state index in [-0.39, 0.29) is 17.9 Å². The minimum absolute atomic E-state index is 0.0640. The van der Waals surface area contributed by atoms with Crippen molar-refractivity contribution in [1.29, 1.82) is 0 Å². The van der Waals surface area contributed by atoms with Crippen molar-refractivity contribution in [2.24, 2.45) is 0 Å². The number of benzene rings is 1. The van der Waals surface area contributed by atoms with Gasteiger partial charge >= 0.3 is 0 Å². The topological polar surface area (TPSA) is 62.6 Å². The lowest BCUT2D eigenvalue weighted by Gasteiger charge is -2.16. The van der Waals surface area contributed by atoms with Gasteiger partial charge in [-0.2, -0.15) is 0 Å². The minimum atomic E-state index is -0.222. The molecule has 3 rings (SSSR count). The second-order valence-corrected chi connectivity index (χ2v) is 5.52. The normalized spacial score (nSPS) is 17.8. The van der Waals surface area contributed by atoms with Crippen LogP contribution in [-0.2, 0) is 16.1 Å². The molecule has 5 heteroatoms. The second-order valence-electron chi connectivity index (χ2n) is 5.52. The molecule has 118 valence electrons. The van der Waals surface area contributed by atoms with Crippen molar-refractivity contribution < 1.29 is 14.0 Å². The van der Waals surface area contributed by atoms with E-state index in [1.807, 2.05) is 30.3 Å². The highest BCUT2D eigenvalue weighted by Crippen LogP contribution is 2.15. The van der Waals surface area contributed by atoms with Gasteiger partial charge in [0.1, 0.15) is 5.76 Å².